The number of hydrogen-bond donors (Lipinski definition) is 2. The molecule has 0 unspecified atom stereocenters. The summed E-state index contributed by atoms with van der Waals surface area (Å²) >= 11 is 1.59. The fourth-order valence-corrected chi connectivity index (χ4v) is 4.38. The number of rotatable bonds is 5. The smallest absolute Gasteiger partial charge is 0.255 e. The minimum atomic E-state index is -3.41. The summed E-state index contributed by atoms with van der Waals surface area (Å²) < 4.78 is 26.3. The number of carbonyl (C=O) groups is 1. The largest absolute Gasteiger partial charge is 0.322 e. The molecule has 4 aromatic rings. The molecule has 0 spiro atoms. The number of amides is 1. The van der Waals surface area contributed by atoms with Gasteiger partial charge in [0.05, 0.1) is 16.5 Å². The van der Waals surface area contributed by atoms with E-state index in [1.54, 1.807) is 35.6 Å². The molecule has 0 bridgehead atoms. The Kier molecular flexibility index (Phi) is 5.04. The Bertz CT molecular complexity index is 1280. The van der Waals surface area contributed by atoms with Crippen molar-refractivity contribution in [3.05, 3.63) is 78.4 Å². The molecular weight excluding hydrogens is 406 g/mol. The van der Waals surface area contributed by atoms with Gasteiger partial charge < -0.3 is 5.32 Å². The number of benzene rings is 3. The lowest BCUT2D eigenvalue weighted by molar-refractivity contribution is 0.102. The molecule has 1 amide bonds. The van der Waals surface area contributed by atoms with Crippen molar-refractivity contribution in [3.8, 4) is 10.6 Å². The van der Waals surface area contributed by atoms with Gasteiger partial charge in [-0.25, -0.2) is 13.4 Å². The molecule has 0 saturated heterocycles. The van der Waals surface area contributed by atoms with Crippen LogP contribution >= 0.6 is 11.3 Å². The molecule has 0 aliphatic heterocycles. The first kappa shape index (κ1) is 19.1. The molecule has 29 heavy (non-hydrogen) atoms. The maximum atomic E-state index is 12.6. The van der Waals surface area contributed by atoms with E-state index in [1.807, 2.05) is 42.5 Å². The average Bonchev–Trinajstić information content (AvgIpc) is 3.11. The van der Waals surface area contributed by atoms with Gasteiger partial charge in [-0.15, -0.1) is 11.3 Å². The quantitative estimate of drug-likeness (QED) is 0.491. The van der Waals surface area contributed by atoms with Crippen LogP contribution in [-0.4, -0.2) is 25.6 Å². The average molecular weight is 424 g/mol. The number of carbonyl (C=O) groups excluding carboxylic acids is 1. The highest BCUT2D eigenvalue weighted by atomic mass is 32.2. The summed E-state index contributed by atoms with van der Waals surface area (Å²) in [6, 6.07) is 21.7. The van der Waals surface area contributed by atoms with Crippen molar-refractivity contribution in [1.29, 1.82) is 0 Å². The van der Waals surface area contributed by atoms with E-state index in [4.69, 9.17) is 0 Å². The molecule has 0 fully saturated rings. The first-order chi connectivity index (χ1) is 13.9. The third-order valence-electron chi connectivity index (χ3n) is 4.09. The summed E-state index contributed by atoms with van der Waals surface area (Å²) in [6.45, 7) is 0. The lowest BCUT2D eigenvalue weighted by atomic mass is 10.1. The fraction of sp³-hybridized carbons (Fsp3) is 0.0476. The minimum Gasteiger partial charge on any atom is -0.322 e. The van der Waals surface area contributed by atoms with E-state index in [0.717, 1.165) is 27.0 Å². The summed E-state index contributed by atoms with van der Waals surface area (Å²) in [7, 11) is -3.41. The highest BCUT2D eigenvalue weighted by molar-refractivity contribution is 7.92. The summed E-state index contributed by atoms with van der Waals surface area (Å²) in [5, 5.41) is 3.73. The Morgan fingerprint density at radius 3 is 2.48 bits per heavy atom. The molecular formula is C21H17N3O3S2. The van der Waals surface area contributed by atoms with Gasteiger partial charge >= 0.3 is 0 Å². The molecule has 146 valence electrons. The number of thiazole rings is 1. The van der Waals surface area contributed by atoms with Gasteiger partial charge in [-0.05, 0) is 42.5 Å². The van der Waals surface area contributed by atoms with Crippen LogP contribution in [0.25, 0.3) is 20.8 Å². The molecule has 0 atom stereocenters. The second kappa shape index (κ2) is 7.65. The Labute approximate surface area is 172 Å². The zero-order chi connectivity index (χ0) is 20.4. The second-order valence-corrected chi connectivity index (χ2v) is 9.26. The van der Waals surface area contributed by atoms with Crippen molar-refractivity contribution in [1.82, 2.24) is 4.98 Å². The number of nitrogens with zero attached hydrogens (tertiary/aromatic N) is 1. The number of nitrogens with one attached hydrogen (secondary N) is 2. The van der Waals surface area contributed by atoms with Gasteiger partial charge in [0, 0.05) is 22.5 Å². The normalized spacial score (nSPS) is 11.3. The van der Waals surface area contributed by atoms with Crippen LogP contribution in [0.3, 0.4) is 0 Å². The van der Waals surface area contributed by atoms with Gasteiger partial charge in [-0.1, -0.05) is 30.3 Å². The molecule has 2 N–H and O–H groups in total. The van der Waals surface area contributed by atoms with Crippen LogP contribution in [0, 0.1) is 0 Å². The monoisotopic (exact) mass is 423 g/mol. The SMILES string of the molecule is CS(=O)(=O)Nc1cccc(C(=O)Nc2cccc(-c3nc4ccccc4s3)c2)c1. The number of para-hydroxylation sites is 1. The van der Waals surface area contributed by atoms with Crippen molar-refractivity contribution >= 4 is 48.9 Å². The Balaban J connectivity index is 1.56. The fourth-order valence-electron chi connectivity index (χ4n) is 2.87. The number of hydrogen-bond acceptors (Lipinski definition) is 5. The van der Waals surface area contributed by atoms with Crippen LogP contribution in [0.1, 0.15) is 10.4 Å². The highest BCUT2D eigenvalue weighted by Crippen LogP contribution is 2.31. The number of anilines is 2. The number of fused-ring (bicyclic) bond motifs is 1. The molecule has 1 heterocycles. The van der Waals surface area contributed by atoms with Gasteiger partial charge in [-0.2, -0.15) is 0 Å². The van der Waals surface area contributed by atoms with Gasteiger partial charge in [0.2, 0.25) is 10.0 Å². The third kappa shape index (κ3) is 4.61. The molecule has 0 aliphatic rings. The lowest BCUT2D eigenvalue weighted by Crippen LogP contribution is -2.13. The second-order valence-electron chi connectivity index (χ2n) is 6.48. The maximum absolute atomic E-state index is 12.6. The van der Waals surface area contributed by atoms with E-state index >= 15 is 0 Å². The van der Waals surface area contributed by atoms with Crippen LogP contribution in [0.15, 0.2) is 72.8 Å². The molecule has 0 aliphatic carbocycles. The van der Waals surface area contributed by atoms with Crippen LogP contribution in [0.2, 0.25) is 0 Å². The summed E-state index contributed by atoms with van der Waals surface area (Å²) in [5.41, 5.74) is 3.18. The van der Waals surface area contributed by atoms with Gasteiger partial charge in [0.15, 0.2) is 0 Å². The molecule has 4 rings (SSSR count). The van der Waals surface area contributed by atoms with Crippen LogP contribution < -0.4 is 10.0 Å². The molecule has 8 heteroatoms. The van der Waals surface area contributed by atoms with Gasteiger partial charge in [0.1, 0.15) is 5.01 Å². The van der Waals surface area contributed by atoms with Crippen molar-refractivity contribution in [2.24, 2.45) is 0 Å². The van der Waals surface area contributed by atoms with Crippen LogP contribution in [-0.2, 0) is 10.0 Å². The number of sulfonamides is 1. The molecule has 0 radical (unpaired) electrons. The highest BCUT2D eigenvalue weighted by Gasteiger charge is 2.11. The van der Waals surface area contributed by atoms with Crippen LogP contribution in [0.5, 0.6) is 0 Å². The molecule has 3 aromatic carbocycles. The Morgan fingerprint density at radius 1 is 0.931 bits per heavy atom. The van der Waals surface area contributed by atoms with Gasteiger partial charge in [0.25, 0.3) is 5.91 Å². The zero-order valence-corrected chi connectivity index (χ0v) is 17.0. The first-order valence-electron chi connectivity index (χ1n) is 8.73. The number of aromatic nitrogens is 1. The van der Waals surface area contributed by atoms with E-state index < -0.39 is 10.0 Å². The summed E-state index contributed by atoms with van der Waals surface area (Å²) in [5.74, 6) is -0.330. The molecule has 6 nitrogen and oxygen atoms in total. The van der Waals surface area contributed by atoms with E-state index in [2.05, 4.69) is 15.0 Å². The van der Waals surface area contributed by atoms with Crippen LogP contribution in [0.4, 0.5) is 11.4 Å². The predicted molar refractivity (Wildman–Crippen MR) is 118 cm³/mol. The van der Waals surface area contributed by atoms with E-state index in [-0.39, 0.29) is 5.91 Å². The van der Waals surface area contributed by atoms with Crippen molar-refractivity contribution in [2.45, 2.75) is 0 Å². The van der Waals surface area contributed by atoms with Crippen molar-refractivity contribution in [2.75, 3.05) is 16.3 Å². The van der Waals surface area contributed by atoms with E-state index in [0.29, 0.717) is 16.9 Å². The Hall–Kier alpha value is -3.23. The summed E-state index contributed by atoms with van der Waals surface area (Å²) in [6.07, 6.45) is 1.06. The Morgan fingerprint density at radius 2 is 1.69 bits per heavy atom. The molecule has 0 saturated carbocycles. The van der Waals surface area contributed by atoms with E-state index in [1.165, 1.54) is 6.07 Å². The van der Waals surface area contributed by atoms with E-state index in [9.17, 15) is 13.2 Å². The zero-order valence-electron chi connectivity index (χ0n) is 15.4. The maximum Gasteiger partial charge on any atom is 0.255 e. The standard InChI is InChI=1S/C21H17N3O3S2/c1-29(26,27)24-17-9-4-6-14(12-17)20(25)22-16-8-5-7-15(13-16)21-23-18-10-2-3-11-19(18)28-21/h2-13,24H,1H3,(H,22,25). The van der Waals surface area contributed by atoms with Crippen molar-refractivity contribution in [3.63, 3.8) is 0 Å². The molecule has 1 aromatic heterocycles. The summed E-state index contributed by atoms with van der Waals surface area (Å²) in [4.78, 5) is 17.3. The topological polar surface area (TPSA) is 88.2 Å². The lowest BCUT2D eigenvalue weighted by Gasteiger charge is -2.09. The predicted octanol–water partition coefficient (Wildman–Crippen LogP) is 4.59. The van der Waals surface area contributed by atoms with Crippen molar-refractivity contribution < 1.29 is 13.2 Å². The first-order valence-corrected chi connectivity index (χ1v) is 11.4. The van der Waals surface area contributed by atoms with Gasteiger partial charge in [-0.3, -0.25) is 9.52 Å². The minimum absolute atomic E-state index is 0.330. The third-order valence-corrected chi connectivity index (χ3v) is 5.78.